The van der Waals surface area contributed by atoms with Crippen LogP contribution in [0.3, 0.4) is 0 Å². The maximum atomic E-state index is 13.3. The lowest BCUT2D eigenvalue weighted by Gasteiger charge is -2.26. The van der Waals surface area contributed by atoms with Gasteiger partial charge in [-0.1, -0.05) is 6.07 Å². The highest BCUT2D eigenvalue weighted by molar-refractivity contribution is 9.10. The molecule has 0 bridgehead atoms. The molecule has 0 aromatic heterocycles. The summed E-state index contributed by atoms with van der Waals surface area (Å²) in [5.41, 5.74) is 1.19. The number of hydrogen-bond donors (Lipinski definition) is 1. The molecular weight excluding hydrogens is 319 g/mol. The first kappa shape index (κ1) is 14.5. The van der Waals surface area contributed by atoms with Crippen molar-refractivity contribution in [3.63, 3.8) is 0 Å². The van der Waals surface area contributed by atoms with Crippen LogP contribution in [0.25, 0.3) is 0 Å². The van der Waals surface area contributed by atoms with Crippen molar-refractivity contribution in [2.24, 2.45) is 5.92 Å². The fourth-order valence-electron chi connectivity index (χ4n) is 2.99. The van der Waals surface area contributed by atoms with Crippen LogP contribution >= 0.6 is 15.9 Å². The number of benzene rings is 1. The van der Waals surface area contributed by atoms with Gasteiger partial charge in [-0.2, -0.15) is 0 Å². The molecule has 1 heterocycles. The molecule has 0 amide bonds. The first-order valence-corrected chi connectivity index (χ1v) is 8.39. The molecule has 1 saturated carbocycles. The van der Waals surface area contributed by atoms with Crippen LogP contribution in [0.15, 0.2) is 22.7 Å². The standard InChI is InChI=1S/C16H22BrFN2/c17-15-8-13(5-6-16(15)18)10-20(9-12-3-4-12)11-14-2-1-7-19-14/h5-6,8,12,14,19H,1-4,7,9-11H2. The highest BCUT2D eigenvalue weighted by atomic mass is 79.9. The lowest BCUT2D eigenvalue weighted by Crippen LogP contribution is -2.38. The van der Waals surface area contributed by atoms with Crippen LogP contribution in [0.1, 0.15) is 31.2 Å². The number of halogens is 2. The number of hydrogen-bond acceptors (Lipinski definition) is 2. The van der Waals surface area contributed by atoms with E-state index in [-0.39, 0.29) is 5.82 Å². The maximum absolute atomic E-state index is 13.3. The topological polar surface area (TPSA) is 15.3 Å². The maximum Gasteiger partial charge on any atom is 0.137 e. The minimum Gasteiger partial charge on any atom is -0.313 e. The highest BCUT2D eigenvalue weighted by Gasteiger charge is 2.26. The summed E-state index contributed by atoms with van der Waals surface area (Å²) in [6.07, 6.45) is 5.34. The number of nitrogens with one attached hydrogen (secondary N) is 1. The number of nitrogens with zero attached hydrogens (tertiary/aromatic N) is 1. The molecule has 20 heavy (non-hydrogen) atoms. The minimum atomic E-state index is -0.181. The van der Waals surface area contributed by atoms with E-state index in [1.165, 1.54) is 37.8 Å². The van der Waals surface area contributed by atoms with Crippen molar-refractivity contribution >= 4 is 15.9 Å². The van der Waals surface area contributed by atoms with E-state index in [1.807, 2.05) is 12.1 Å². The summed E-state index contributed by atoms with van der Waals surface area (Å²) in [7, 11) is 0. The van der Waals surface area contributed by atoms with Gasteiger partial charge in [-0.15, -0.1) is 0 Å². The van der Waals surface area contributed by atoms with Gasteiger partial charge in [-0.3, -0.25) is 4.90 Å². The average molecular weight is 341 g/mol. The van der Waals surface area contributed by atoms with Crippen molar-refractivity contribution in [1.82, 2.24) is 10.2 Å². The molecule has 2 fully saturated rings. The van der Waals surface area contributed by atoms with Gasteiger partial charge in [0.1, 0.15) is 5.82 Å². The van der Waals surface area contributed by atoms with Crippen molar-refractivity contribution in [2.45, 2.75) is 38.3 Å². The van der Waals surface area contributed by atoms with Gasteiger partial charge >= 0.3 is 0 Å². The van der Waals surface area contributed by atoms with Crippen LogP contribution in [0.5, 0.6) is 0 Å². The van der Waals surface area contributed by atoms with E-state index in [0.717, 1.165) is 25.6 Å². The van der Waals surface area contributed by atoms with Crippen LogP contribution in [0.4, 0.5) is 4.39 Å². The molecule has 3 rings (SSSR count). The Labute approximate surface area is 128 Å². The van der Waals surface area contributed by atoms with Crippen LogP contribution in [0, 0.1) is 11.7 Å². The molecule has 1 aliphatic carbocycles. The van der Waals surface area contributed by atoms with Gasteiger partial charge in [-0.05, 0) is 71.8 Å². The van der Waals surface area contributed by atoms with Gasteiger partial charge in [0.2, 0.25) is 0 Å². The lowest BCUT2D eigenvalue weighted by molar-refractivity contribution is 0.231. The van der Waals surface area contributed by atoms with E-state index in [0.29, 0.717) is 10.5 Å². The quantitative estimate of drug-likeness (QED) is 0.851. The van der Waals surface area contributed by atoms with Gasteiger partial charge in [0.05, 0.1) is 4.47 Å². The zero-order valence-corrected chi connectivity index (χ0v) is 13.3. The molecule has 1 aromatic carbocycles. The summed E-state index contributed by atoms with van der Waals surface area (Å²) in [6, 6.07) is 6.01. The third kappa shape index (κ3) is 4.03. The van der Waals surface area contributed by atoms with Crippen LogP contribution in [-0.2, 0) is 6.54 Å². The first-order valence-electron chi connectivity index (χ1n) is 7.60. The second kappa shape index (κ2) is 6.54. The molecule has 1 saturated heterocycles. The Kier molecular flexibility index (Phi) is 4.74. The molecule has 1 aliphatic heterocycles. The summed E-state index contributed by atoms with van der Waals surface area (Å²) >= 11 is 3.28. The van der Waals surface area contributed by atoms with E-state index >= 15 is 0 Å². The fraction of sp³-hybridized carbons (Fsp3) is 0.625. The second-order valence-corrected chi connectivity index (χ2v) is 7.03. The second-order valence-electron chi connectivity index (χ2n) is 6.18. The van der Waals surface area contributed by atoms with Crippen molar-refractivity contribution in [3.05, 3.63) is 34.1 Å². The monoisotopic (exact) mass is 340 g/mol. The molecule has 0 radical (unpaired) electrons. The minimum absolute atomic E-state index is 0.181. The van der Waals surface area contributed by atoms with Crippen molar-refractivity contribution in [2.75, 3.05) is 19.6 Å². The zero-order chi connectivity index (χ0) is 13.9. The molecule has 2 nitrogen and oxygen atoms in total. The van der Waals surface area contributed by atoms with Crippen LogP contribution in [0.2, 0.25) is 0 Å². The molecule has 1 unspecified atom stereocenters. The molecule has 4 heteroatoms. The molecule has 0 spiro atoms. The third-order valence-electron chi connectivity index (χ3n) is 4.24. The van der Waals surface area contributed by atoms with Crippen LogP contribution in [-0.4, -0.2) is 30.6 Å². The largest absolute Gasteiger partial charge is 0.313 e. The SMILES string of the molecule is Fc1ccc(CN(CC2CC2)CC2CCCN2)cc1Br. The summed E-state index contributed by atoms with van der Waals surface area (Å²) in [6.45, 7) is 4.39. The smallest absolute Gasteiger partial charge is 0.137 e. The van der Waals surface area contributed by atoms with Crippen LogP contribution < -0.4 is 5.32 Å². The molecular formula is C16H22BrFN2. The Bertz CT molecular complexity index is 456. The third-order valence-corrected chi connectivity index (χ3v) is 4.85. The van der Waals surface area contributed by atoms with Crippen molar-refractivity contribution in [3.8, 4) is 0 Å². The molecule has 1 N–H and O–H groups in total. The molecule has 1 aromatic rings. The Balaban J connectivity index is 1.62. The van der Waals surface area contributed by atoms with E-state index in [1.54, 1.807) is 6.07 Å². The first-order chi connectivity index (χ1) is 9.70. The lowest BCUT2D eigenvalue weighted by atomic mass is 10.1. The van der Waals surface area contributed by atoms with E-state index in [2.05, 4.69) is 26.1 Å². The Hall–Kier alpha value is -0.450. The summed E-state index contributed by atoms with van der Waals surface area (Å²) in [5, 5.41) is 3.58. The van der Waals surface area contributed by atoms with Crippen molar-refractivity contribution in [1.29, 1.82) is 0 Å². The van der Waals surface area contributed by atoms with Gasteiger partial charge in [-0.25, -0.2) is 4.39 Å². The van der Waals surface area contributed by atoms with Gasteiger partial charge in [0, 0.05) is 25.7 Å². The fourth-order valence-corrected chi connectivity index (χ4v) is 3.42. The molecule has 1 atom stereocenters. The van der Waals surface area contributed by atoms with Crippen molar-refractivity contribution < 1.29 is 4.39 Å². The predicted octanol–water partition coefficient (Wildman–Crippen LogP) is 3.55. The van der Waals surface area contributed by atoms with E-state index in [4.69, 9.17) is 0 Å². The Morgan fingerprint density at radius 2 is 2.10 bits per heavy atom. The zero-order valence-electron chi connectivity index (χ0n) is 11.7. The Morgan fingerprint density at radius 1 is 1.25 bits per heavy atom. The summed E-state index contributed by atoms with van der Waals surface area (Å²) in [5.74, 6) is 0.709. The summed E-state index contributed by atoms with van der Waals surface area (Å²) < 4.78 is 13.9. The average Bonchev–Trinajstić information content (AvgIpc) is 3.08. The summed E-state index contributed by atoms with van der Waals surface area (Å²) in [4.78, 5) is 2.54. The number of rotatable bonds is 6. The van der Waals surface area contributed by atoms with E-state index in [9.17, 15) is 4.39 Å². The van der Waals surface area contributed by atoms with Gasteiger partial charge in [0.15, 0.2) is 0 Å². The highest BCUT2D eigenvalue weighted by Crippen LogP contribution is 2.30. The molecule has 2 aliphatic rings. The van der Waals surface area contributed by atoms with Gasteiger partial charge in [0.25, 0.3) is 0 Å². The normalized spacial score (nSPS) is 22.6. The Morgan fingerprint density at radius 3 is 2.75 bits per heavy atom. The molecule has 110 valence electrons. The van der Waals surface area contributed by atoms with Gasteiger partial charge < -0.3 is 5.32 Å². The predicted molar refractivity (Wildman–Crippen MR) is 83.1 cm³/mol. The van der Waals surface area contributed by atoms with E-state index < -0.39 is 0 Å².